The van der Waals surface area contributed by atoms with E-state index in [1.807, 2.05) is 75.4 Å². The van der Waals surface area contributed by atoms with Gasteiger partial charge in [-0.05, 0) is 86.9 Å². The van der Waals surface area contributed by atoms with Gasteiger partial charge in [-0.15, -0.1) is 0 Å². The molecule has 3 aromatic rings. The zero-order chi connectivity index (χ0) is 39.1. The minimum Gasteiger partial charge on any atom is -0.465 e. The average Bonchev–Trinajstić information content (AvgIpc) is 3.12. The molecule has 53 heavy (non-hydrogen) atoms. The number of amides is 4. The number of carbonyl (C=O) groups is 5. The second-order valence-corrected chi connectivity index (χ2v) is 15.7. The Balaban J connectivity index is 1.66. The van der Waals surface area contributed by atoms with Crippen molar-refractivity contribution in [3.05, 3.63) is 107 Å². The van der Waals surface area contributed by atoms with Crippen LogP contribution in [0.5, 0.6) is 0 Å². The van der Waals surface area contributed by atoms with Crippen molar-refractivity contribution in [3.8, 4) is 0 Å². The summed E-state index contributed by atoms with van der Waals surface area (Å²) in [7, 11) is 2.80. The Morgan fingerprint density at radius 3 is 2.02 bits per heavy atom. The van der Waals surface area contributed by atoms with Crippen LogP contribution >= 0.6 is 0 Å². The van der Waals surface area contributed by atoms with Gasteiger partial charge in [0.15, 0.2) is 0 Å². The van der Waals surface area contributed by atoms with E-state index in [9.17, 15) is 24.0 Å². The molecule has 284 valence electrons. The maximum absolute atomic E-state index is 14.8. The van der Waals surface area contributed by atoms with Gasteiger partial charge in [-0.1, -0.05) is 75.4 Å². The number of rotatable bonds is 11. The molecule has 4 rings (SSSR count). The van der Waals surface area contributed by atoms with Gasteiger partial charge in [0.05, 0.1) is 18.7 Å². The normalized spacial score (nSPS) is 15.3. The van der Waals surface area contributed by atoms with E-state index in [1.165, 1.54) is 19.1 Å². The zero-order valence-electron chi connectivity index (χ0n) is 32.5. The molecule has 0 fully saturated rings. The standard InChI is InChI=1S/C42H54N4O7/c1-28(44(8)40(51)53-42(5,6)7)36(47)43-35(41(2,3)4)38(49)46-26-33-18-14-13-17-32(33)25-34(46)27-45(24-23-29-15-11-10-12-16-29)37(48)30-19-21-31(22-20-30)39(50)52-9/h10-22,28,34-35H,23-27H2,1-9H3,(H,43,47). The Morgan fingerprint density at radius 2 is 1.43 bits per heavy atom. The lowest BCUT2D eigenvalue weighted by molar-refractivity contribution is -0.143. The smallest absolute Gasteiger partial charge is 0.410 e. The molecular weight excluding hydrogens is 672 g/mol. The van der Waals surface area contributed by atoms with Gasteiger partial charge in [0.25, 0.3) is 5.91 Å². The number of likely N-dealkylation sites (N-methyl/N-ethyl adjacent to an activating group) is 1. The Kier molecular flexibility index (Phi) is 13.1. The van der Waals surface area contributed by atoms with Crippen LogP contribution < -0.4 is 5.32 Å². The number of fused-ring (bicyclic) bond motifs is 1. The van der Waals surface area contributed by atoms with E-state index in [2.05, 4.69) is 5.32 Å². The van der Waals surface area contributed by atoms with E-state index in [4.69, 9.17) is 9.47 Å². The average molecular weight is 727 g/mol. The third-order valence-electron chi connectivity index (χ3n) is 9.46. The largest absolute Gasteiger partial charge is 0.465 e. The topological polar surface area (TPSA) is 126 Å². The van der Waals surface area contributed by atoms with Gasteiger partial charge in [-0.3, -0.25) is 19.3 Å². The Labute approximate surface area is 313 Å². The van der Waals surface area contributed by atoms with Crippen molar-refractivity contribution >= 4 is 29.8 Å². The molecule has 3 atom stereocenters. The van der Waals surface area contributed by atoms with Crippen LogP contribution in [0, 0.1) is 5.41 Å². The number of esters is 1. The molecule has 4 amide bonds. The maximum atomic E-state index is 14.8. The molecular formula is C42H54N4O7. The molecule has 0 aromatic heterocycles. The van der Waals surface area contributed by atoms with Crippen LogP contribution in [-0.2, 0) is 38.4 Å². The third-order valence-corrected chi connectivity index (χ3v) is 9.46. The summed E-state index contributed by atoms with van der Waals surface area (Å²) >= 11 is 0. The number of nitrogens with one attached hydrogen (secondary N) is 1. The summed E-state index contributed by atoms with van der Waals surface area (Å²) in [6.07, 6.45) is 0.445. The van der Waals surface area contributed by atoms with Gasteiger partial charge >= 0.3 is 12.1 Å². The van der Waals surface area contributed by atoms with Crippen molar-refractivity contribution in [3.63, 3.8) is 0 Å². The fourth-order valence-electron chi connectivity index (χ4n) is 6.24. The first kappa shape index (κ1) is 40.6. The van der Waals surface area contributed by atoms with Crippen molar-refractivity contribution in [1.29, 1.82) is 0 Å². The van der Waals surface area contributed by atoms with Crippen LogP contribution in [0.25, 0.3) is 0 Å². The quantitative estimate of drug-likeness (QED) is 0.244. The first-order chi connectivity index (χ1) is 24.9. The molecule has 11 nitrogen and oxygen atoms in total. The molecule has 1 heterocycles. The lowest BCUT2D eigenvalue weighted by Gasteiger charge is -2.43. The summed E-state index contributed by atoms with van der Waals surface area (Å²) < 4.78 is 10.3. The van der Waals surface area contributed by atoms with Crippen LogP contribution in [0.3, 0.4) is 0 Å². The van der Waals surface area contributed by atoms with E-state index in [-0.39, 0.29) is 18.4 Å². The number of ether oxygens (including phenoxy) is 2. The van der Waals surface area contributed by atoms with Crippen molar-refractivity contribution in [1.82, 2.24) is 20.0 Å². The number of benzene rings is 3. The van der Waals surface area contributed by atoms with E-state index in [0.29, 0.717) is 37.1 Å². The number of hydrogen-bond donors (Lipinski definition) is 1. The Bertz CT molecular complexity index is 1760. The van der Waals surface area contributed by atoms with Gasteiger partial charge in [-0.25, -0.2) is 9.59 Å². The number of methoxy groups -OCH3 is 1. The van der Waals surface area contributed by atoms with E-state index < -0.39 is 47.1 Å². The fourth-order valence-corrected chi connectivity index (χ4v) is 6.24. The summed E-state index contributed by atoms with van der Waals surface area (Å²) in [5.74, 6) is -1.50. The number of carbonyl (C=O) groups excluding carboxylic acids is 5. The van der Waals surface area contributed by atoms with E-state index >= 15 is 0 Å². The molecule has 3 aromatic carbocycles. The molecule has 0 radical (unpaired) electrons. The van der Waals surface area contributed by atoms with Gasteiger partial charge in [0.2, 0.25) is 11.8 Å². The molecule has 0 spiro atoms. The molecule has 3 unspecified atom stereocenters. The molecule has 1 aliphatic heterocycles. The van der Waals surface area contributed by atoms with Crippen molar-refractivity contribution in [2.75, 3.05) is 27.2 Å². The first-order valence-electron chi connectivity index (χ1n) is 18.0. The van der Waals surface area contributed by atoms with Crippen LogP contribution in [-0.4, -0.2) is 95.5 Å². The van der Waals surface area contributed by atoms with Crippen LogP contribution in [0.2, 0.25) is 0 Å². The van der Waals surface area contributed by atoms with Gasteiger partial charge < -0.3 is 24.6 Å². The lowest BCUT2D eigenvalue weighted by atomic mass is 9.84. The molecule has 0 saturated heterocycles. The van der Waals surface area contributed by atoms with Crippen LogP contribution in [0.15, 0.2) is 78.9 Å². The highest BCUT2D eigenvalue weighted by atomic mass is 16.6. The van der Waals surface area contributed by atoms with E-state index in [0.717, 1.165) is 16.7 Å². The monoisotopic (exact) mass is 726 g/mol. The highest BCUT2D eigenvalue weighted by Crippen LogP contribution is 2.29. The molecule has 0 bridgehead atoms. The Hall–Kier alpha value is -5.19. The third kappa shape index (κ3) is 10.7. The van der Waals surface area contributed by atoms with Crippen LogP contribution in [0.4, 0.5) is 4.79 Å². The molecule has 0 saturated carbocycles. The maximum Gasteiger partial charge on any atom is 0.410 e. The first-order valence-corrected chi connectivity index (χ1v) is 18.0. The Morgan fingerprint density at radius 1 is 0.849 bits per heavy atom. The van der Waals surface area contributed by atoms with Gasteiger partial charge in [0, 0.05) is 32.2 Å². The fraction of sp³-hybridized carbons (Fsp3) is 0.452. The molecule has 0 aliphatic carbocycles. The summed E-state index contributed by atoms with van der Waals surface area (Å²) in [5, 5.41) is 2.97. The highest BCUT2D eigenvalue weighted by molar-refractivity contribution is 5.96. The minimum atomic E-state index is -0.948. The SMILES string of the molecule is COC(=O)c1ccc(C(=O)N(CCc2ccccc2)CC2Cc3ccccc3CN2C(=O)C(NC(=O)C(C)N(C)C(=O)OC(C)(C)C)C(C)(C)C)cc1. The van der Waals surface area contributed by atoms with Crippen molar-refractivity contribution < 1.29 is 33.4 Å². The lowest BCUT2D eigenvalue weighted by Crippen LogP contribution is -2.61. The predicted molar refractivity (Wildman–Crippen MR) is 203 cm³/mol. The summed E-state index contributed by atoms with van der Waals surface area (Å²) in [5.41, 5.74) is 2.44. The second kappa shape index (κ2) is 17.1. The summed E-state index contributed by atoms with van der Waals surface area (Å²) in [6.45, 7) is 13.4. The highest BCUT2D eigenvalue weighted by Gasteiger charge is 2.42. The summed E-state index contributed by atoms with van der Waals surface area (Å²) in [4.78, 5) is 72.4. The number of hydrogen-bond acceptors (Lipinski definition) is 7. The summed E-state index contributed by atoms with van der Waals surface area (Å²) in [6, 6.07) is 21.9. The number of nitrogens with zero attached hydrogens (tertiary/aromatic N) is 3. The second-order valence-electron chi connectivity index (χ2n) is 15.7. The van der Waals surface area contributed by atoms with Gasteiger partial charge in [-0.2, -0.15) is 0 Å². The molecule has 1 aliphatic rings. The van der Waals surface area contributed by atoms with Gasteiger partial charge in [0.1, 0.15) is 17.7 Å². The van der Waals surface area contributed by atoms with Crippen LogP contribution in [0.1, 0.15) is 85.9 Å². The predicted octanol–water partition coefficient (Wildman–Crippen LogP) is 5.90. The van der Waals surface area contributed by atoms with E-state index in [1.54, 1.807) is 61.8 Å². The van der Waals surface area contributed by atoms with Crippen molar-refractivity contribution in [2.24, 2.45) is 5.41 Å². The minimum absolute atomic E-state index is 0.229. The zero-order valence-corrected chi connectivity index (χ0v) is 32.5. The van der Waals surface area contributed by atoms with Crippen molar-refractivity contribution in [2.45, 2.75) is 91.6 Å². The molecule has 11 heteroatoms. The molecule has 1 N–H and O–H groups in total.